The van der Waals surface area contributed by atoms with Crippen LogP contribution in [-0.4, -0.2) is 33.7 Å². The fourth-order valence-electron chi connectivity index (χ4n) is 2.44. The monoisotopic (exact) mass is 392 g/mol. The van der Waals surface area contributed by atoms with E-state index < -0.39 is 22.8 Å². The predicted molar refractivity (Wildman–Crippen MR) is 104 cm³/mol. The van der Waals surface area contributed by atoms with Gasteiger partial charge in [0, 0.05) is 37.2 Å². The van der Waals surface area contributed by atoms with Crippen molar-refractivity contribution >= 4 is 11.7 Å². The molecule has 7 nitrogen and oxygen atoms in total. The molecule has 0 radical (unpaired) electrons. The second-order valence-electron chi connectivity index (χ2n) is 6.33. The first kappa shape index (κ1) is 23.2. The summed E-state index contributed by atoms with van der Waals surface area (Å²) in [6.45, 7) is 3.34. The van der Waals surface area contributed by atoms with Crippen LogP contribution in [0.2, 0.25) is 0 Å². The first-order valence-electron chi connectivity index (χ1n) is 8.79. The molecule has 0 saturated carbocycles. The number of aliphatic carboxylic acids is 1. The molecule has 28 heavy (non-hydrogen) atoms. The third kappa shape index (κ3) is 8.70. The molecule has 0 aliphatic rings. The summed E-state index contributed by atoms with van der Waals surface area (Å²) in [5.74, 6) is -1.25. The SMILES string of the molecule is CC(=O)O.C[C@@H](CCc1ccc([N+](=O)[O-])cc1)NC[C@H](O)c1ccccc1F. The number of hydrogen-bond donors (Lipinski definition) is 3. The van der Waals surface area contributed by atoms with E-state index in [9.17, 15) is 19.6 Å². The molecule has 0 heterocycles. The van der Waals surface area contributed by atoms with Crippen molar-refractivity contribution in [3.05, 3.63) is 75.6 Å². The van der Waals surface area contributed by atoms with Crippen LogP contribution in [0.1, 0.15) is 37.5 Å². The largest absolute Gasteiger partial charge is 0.481 e. The van der Waals surface area contributed by atoms with Gasteiger partial charge in [-0.2, -0.15) is 0 Å². The normalized spacial score (nSPS) is 12.4. The third-order valence-corrected chi connectivity index (χ3v) is 3.94. The zero-order valence-corrected chi connectivity index (χ0v) is 15.8. The average molecular weight is 392 g/mol. The molecule has 0 aliphatic carbocycles. The molecule has 0 aliphatic heterocycles. The maximum absolute atomic E-state index is 13.6. The van der Waals surface area contributed by atoms with Gasteiger partial charge in [0.2, 0.25) is 0 Å². The molecule has 2 aromatic rings. The highest BCUT2D eigenvalue weighted by atomic mass is 19.1. The summed E-state index contributed by atoms with van der Waals surface area (Å²) in [6.07, 6.45) is 0.678. The van der Waals surface area contributed by atoms with Crippen molar-refractivity contribution in [2.75, 3.05) is 6.54 Å². The van der Waals surface area contributed by atoms with Gasteiger partial charge in [-0.25, -0.2) is 4.39 Å². The van der Waals surface area contributed by atoms with Crippen LogP contribution in [0.4, 0.5) is 10.1 Å². The smallest absolute Gasteiger partial charge is 0.300 e. The second kappa shape index (κ2) is 11.8. The number of nitro groups is 1. The molecule has 2 rings (SSSR count). The van der Waals surface area contributed by atoms with E-state index in [-0.39, 0.29) is 23.8 Å². The van der Waals surface area contributed by atoms with Crippen LogP contribution in [-0.2, 0) is 11.2 Å². The Balaban J connectivity index is 0.000000892. The lowest BCUT2D eigenvalue weighted by Gasteiger charge is -2.18. The molecule has 0 saturated heterocycles. The minimum absolute atomic E-state index is 0.0814. The summed E-state index contributed by atoms with van der Waals surface area (Å²) in [5.41, 5.74) is 1.38. The van der Waals surface area contributed by atoms with Crippen molar-refractivity contribution in [1.82, 2.24) is 5.32 Å². The minimum Gasteiger partial charge on any atom is -0.481 e. The highest BCUT2D eigenvalue weighted by molar-refractivity contribution is 5.62. The Morgan fingerprint density at radius 3 is 2.32 bits per heavy atom. The van der Waals surface area contributed by atoms with E-state index >= 15 is 0 Å². The lowest BCUT2D eigenvalue weighted by atomic mass is 10.0. The molecule has 8 heteroatoms. The predicted octanol–water partition coefficient (Wildman–Crippen LogP) is 3.47. The number of nitro benzene ring substituents is 1. The highest BCUT2D eigenvalue weighted by Gasteiger charge is 2.13. The van der Waals surface area contributed by atoms with E-state index in [2.05, 4.69) is 5.32 Å². The van der Waals surface area contributed by atoms with E-state index in [1.807, 2.05) is 6.92 Å². The number of carboxylic acids is 1. The maximum atomic E-state index is 13.6. The van der Waals surface area contributed by atoms with Crippen molar-refractivity contribution in [3.63, 3.8) is 0 Å². The van der Waals surface area contributed by atoms with E-state index in [0.717, 1.165) is 25.3 Å². The van der Waals surface area contributed by atoms with E-state index in [4.69, 9.17) is 9.90 Å². The van der Waals surface area contributed by atoms with Crippen LogP contribution in [0.15, 0.2) is 48.5 Å². The average Bonchev–Trinajstić information content (AvgIpc) is 2.64. The van der Waals surface area contributed by atoms with Crippen LogP contribution in [0.5, 0.6) is 0 Å². The summed E-state index contributed by atoms with van der Waals surface area (Å²) in [6, 6.07) is 12.8. The van der Waals surface area contributed by atoms with E-state index in [1.165, 1.54) is 18.2 Å². The topological polar surface area (TPSA) is 113 Å². The lowest BCUT2D eigenvalue weighted by molar-refractivity contribution is -0.384. The standard InChI is InChI=1S/C18H21FN2O3.C2H4O2/c1-13(6-7-14-8-10-15(11-9-14)21(23)24)20-12-18(22)16-4-2-3-5-17(16)19;1-2(3)4/h2-5,8-11,13,18,20,22H,6-7,12H2,1H3;1H3,(H,3,4)/t13-,18-;/m0./s1. The zero-order valence-electron chi connectivity index (χ0n) is 15.8. The number of hydrogen-bond acceptors (Lipinski definition) is 5. The van der Waals surface area contributed by atoms with Crippen LogP contribution in [0.25, 0.3) is 0 Å². The summed E-state index contributed by atoms with van der Waals surface area (Å²) < 4.78 is 13.6. The molecule has 152 valence electrons. The summed E-state index contributed by atoms with van der Waals surface area (Å²) in [4.78, 5) is 19.2. The van der Waals surface area contributed by atoms with Crippen molar-refractivity contribution in [3.8, 4) is 0 Å². The van der Waals surface area contributed by atoms with Crippen molar-refractivity contribution in [1.29, 1.82) is 0 Å². The van der Waals surface area contributed by atoms with Crippen molar-refractivity contribution < 1.29 is 24.3 Å². The summed E-state index contributed by atoms with van der Waals surface area (Å²) in [5, 5.41) is 31.3. The Labute approximate surface area is 163 Å². The Morgan fingerprint density at radius 1 is 1.21 bits per heavy atom. The minimum atomic E-state index is -0.895. The van der Waals surface area contributed by atoms with Crippen LogP contribution >= 0.6 is 0 Å². The quantitative estimate of drug-likeness (QED) is 0.468. The molecule has 0 aromatic heterocycles. The molecule has 0 spiro atoms. The van der Waals surface area contributed by atoms with Gasteiger partial charge in [-0.1, -0.05) is 30.3 Å². The first-order valence-corrected chi connectivity index (χ1v) is 8.79. The van der Waals surface area contributed by atoms with Gasteiger partial charge in [-0.05, 0) is 31.4 Å². The maximum Gasteiger partial charge on any atom is 0.300 e. The number of aryl methyl sites for hydroxylation is 1. The number of aliphatic hydroxyl groups excluding tert-OH is 1. The summed E-state index contributed by atoms with van der Waals surface area (Å²) in [7, 11) is 0. The molecule has 0 amide bonds. The van der Waals surface area contributed by atoms with Crippen LogP contribution in [0, 0.1) is 15.9 Å². The summed E-state index contributed by atoms with van der Waals surface area (Å²) >= 11 is 0. The molecule has 2 aromatic carbocycles. The van der Waals surface area contributed by atoms with Gasteiger partial charge in [0.05, 0.1) is 11.0 Å². The lowest BCUT2D eigenvalue weighted by Crippen LogP contribution is -2.31. The number of rotatable bonds is 8. The number of non-ortho nitro benzene ring substituents is 1. The van der Waals surface area contributed by atoms with E-state index in [0.29, 0.717) is 0 Å². The third-order valence-electron chi connectivity index (χ3n) is 3.94. The highest BCUT2D eigenvalue weighted by Crippen LogP contribution is 2.17. The van der Waals surface area contributed by atoms with Gasteiger partial charge in [0.25, 0.3) is 11.7 Å². The zero-order chi connectivity index (χ0) is 21.1. The number of aliphatic hydroxyl groups is 1. The van der Waals surface area contributed by atoms with Gasteiger partial charge < -0.3 is 15.5 Å². The number of benzene rings is 2. The second-order valence-corrected chi connectivity index (χ2v) is 6.33. The molecule has 3 N–H and O–H groups in total. The fraction of sp³-hybridized carbons (Fsp3) is 0.350. The first-order chi connectivity index (χ1) is 13.2. The van der Waals surface area contributed by atoms with Crippen LogP contribution < -0.4 is 5.32 Å². The number of carboxylic acid groups (broad SMARTS) is 1. The molecule has 2 atom stereocenters. The Hall–Kier alpha value is -2.84. The number of nitrogens with one attached hydrogen (secondary N) is 1. The number of nitrogens with zero attached hydrogens (tertiary/aromatic N) is 1. The number of carbonyl (C=O) groups is 1. The van der Waals surface area contributed by atoms with E-state index in [1.54, 1.807) is 30.3 Å². The van der Waals surface area contributed by atoms with Gasteiger partial charge in [0.15, 0.2) is 0 Å². The Kier molecular flexibility index (Phi) is 9.76. The molecule has 0 unspecified atom stereocenters. The molecular weight excluding hydrogens is 367 g/mol. The van der Waals surface area contributed by atoms with Crippen molar-refractivity contribution in [2.45, 2.75) is 38.8 Å². The Bertz CT molecular complexity index is 763. The van der Waals surface area contributed by atoms with Gasteiger partial charge in [-0.15, -0.1) is 0 Å². The van der Waals surface area contributed by atoms with Gasteiger partial charge >= 0.3 is 0 Å². The van der Waals surface area contributed by atoms with Gasteiger partial charge in [-0.3, -0.25) is 14.9 Å². The fourth-order valence-corrected chi connectivity index (χ4v) is 2.44. The molecule has 0 fully saturated rings. The molecule has 0 bridgehead atoms. The molecular formula is C20H25FN2O5. The van der Waals surface area contributed by atoms with Crippen LogP contribution in [0.3, 0.4) is 0 Å². The van der Waals surface area contributed by atoms with Gasteiger partial charge in [0.1, 0.15) is 5.82 Å². The Morgan fingerprint density at radius 2 is 1.79 bits per heavy atom. The number of halogens is 1. The van der Waals surface area contributed by atoms with Crippen molar-refractivity contribution in [2.24, 2.45) is 0 Å².